The van der Waals surface area contributed by atoms with E-state index in [9.17, 15) is 34.6 Å². The lowest BCUT2D eigenvalue weighted by molar-refractivity contribution is -0.385. The number of ether oxygens (including phenoxy) is 1. The van der Waals surface area contributed by atoms with Gasteiger partial charge in [0.1, 0.15) is 11.7 Å². The molecule has 2 saturated heterocycles. The van der Waals surface area contributed by atoms with Gasteiger partial charge in [0.05, 0.1) is 38.5 Å². The van der Waals surface area contributed by atoms with Gasteiger partial charge in [-0.05, 0) is 35.9 Å². The Hall–Kier alpha value is -5.67. The maximum absolute atomic E-state index is 13.8. The number of non-ortho nitro benzene ring substituents is 2. The molecule has 2 aliphatic heterocycles. The largest absolute Gasteiger partial charge is 0.422 e. The Bertz CT molecular complexity index is 1820. The van der Waals surface area contributed by atoms with E-state index in [0.29, 0.717) is 5.56 Å². The van der Waals surface area contributed by atoms with Crippen LogP contribution in [0.5, 0.6) is 5.75 Å². The smallest absolute Gasteiger partial charge is 0.363 e. The molecule has 3 heterocycles. The van der Waals surface area contributed by atoms with Gasteiger partial charge in [-0.25, -0.2) is 14.8 Å². The molecule has 0 aliphatic carbocycles. The highest BCUT2D eigenvalue weighted by atomic mass is 35.5. The number of halogens is 1. The van der Waals surface area contributed by atoms with E-state index in [2.05, 4.69) is 5.10 Å². The van der Waals surface area contributed by atoms with Crippen LogP contribution in [0.4, 0.5) is 22.7 Å². The Balaban J connectivity index is 1.35. The molecule has 2 amide bonds. The highest BCUT2D eigenvalue weighted by molar-refractivity contribution is 6.33. The topological polar surface area (TPSA) is 180 Å². The van der Waals surface area contributed by atoms with Crippen molar-refractivity contribution < 1.29 is 33.8 Å². The number of anilines is 2. The van der Waals surface area contributed by atoms with Gasteiger partial charge in [-0.2, -0.15) is 5.10 Å². The Morgan fingerprint density at radius 1 is 0.932 bits per heavy atom. The summed E-state index contributed by atoms with van der Waals surface area (Å²) in [5.41, 5.74) is 0.409. The molecule has 3 atom stereocenters. The van der Waals surface area contributed by atoms with E-state index in [4.69, 9.17) is 21.2 Å². The molecule has 2 fully saturated rings. The van der Waals surface area contributed by atoms with E-state index in [1.807, 2.05) is 0 Å². The van der Waals surface area contributed by atoms with Gasteiger partial charge >= 0.3 is 5.97 Å². The number of carbonyl (C=O) groups is 3. The predicted octanol–water partition coefficient (Wildman–Crippen LogP) is 4.16. The lowest BCUT2D eigenvalue weighted by Crippen LogP contribution is -2.37. The minimum atomic E-state index is -1.30. The van der Waals surface area contributed by atoms with Gasteiger partial charge in [0.25, 0.3) is 17.3 Å². The van der Waals surface area contributed by atoms with Crippen molar-refractivity contribution in [1.82, 2.24) is 9.78 Å². The Kier molecular flexibility index (Phi) is 7.03. The van der Waals surface area contributed by atoms with Gasteiger partial charge in [-0.3, -0.25) is 39.3 Å². The van der Waals surface area contributed by atoms with Crippen molar-refractivity contribution in [2.75, 3.05) is 9.96 Å². The standard InChI is InChI=1S/C28H19ClN6O9/c1-31-24(21(29)14-30-31)28(38)43-20-11-5-15(6-12-20)23-22-25(44-33(23)18-3-2-4-19(13-18)35(41)42)27(37)32(26(22)36)16-7-9-17(10-8-16)34(39)40/h2-14,22-23,25H,1H3/t22-,23+,25+/m1/s1. The van der Waals surface area contributed by atoms with Crippen LogP contribution in [-0.2, 0) is 21.5 Å². The molecule has 44 heavy (non-hydrogen) atoms. The number of esters is 1. The van der Waals surface area contributed by atoms with Crippen LogP contribution in [0.15, 0.2) is 79.0 Å². The van der Waals surface area contributed by atoms with Crippen LogP contribution in [0, 0.1) is 26.1 Å². The van der Waals surface area contributed by atoms with Gasteiger partial charge in [0, 0.05) is 31.3 Å². The predicted molar refractivity (Wildman–Crippen MR) is 152 cm³/mol. The van der Waals surface area contributed by atoms with Crippen molar-refractivity contribution in [3.8, 4) is 5.75 Å². The van der Waals surface area contributed by atoms with Crippen molar-refractivity contribution in [3.05, 3.63) is 116 Å². The number of rotatable bonds is 7. The normalized spacial score (nSPS) is 19.3. The highest BCUT2D eigenvalue weighted by Gasteiger charge is 2.60. The first-order chi connectivity index (χ1) is 21.0. The monoisotopic (exact) mass is 618 g/mol. The van der Waals surface area contributed by atoms with E-state index >= 15 is 0 Å². The van der Waals surface area contributed by atoms with Gasteiger partial charge in [0.2, 0.25) is 5.91 Å². The number of benzene rings is 3. The summed E-state index contributed by atoms with van der Waals surface area (Å²) in [6.45, 7) is 0. The van der Waals surface area contributed by atoms with E-state index in [1.54, 1.807) is 12.1 Å². The summed E-state index contributed by atoms with van der Waals surface area (Å²) in [7, 11) is 1.53. The zero-order valence-corrected chi connectivity index (χ0v) is 23.2. The first-order valence-electron chi connectivity index (χ1n) is 12.9. The number of nitro benzene ring substituents is 2. The fraction of sp³-hybridized carbons (Fsp3) is 0.143. The number of imide groups is 1. The average Bonchev–Trinajstić information content (AvgIpc) is 3.64. The summed E-state index contributed by atoms with van der Waals surface area (Å²) in [5, 5.41) is 27.9. The summed E-state index contributed by atoms with van der Waals surface area (Å²) in [4.78, 5) is 68.3. The minimum Gasteiger partial charge on any atom is -0.422 e. The van der Waals surface area contributed by atoms with E-state index in [-0.39, 0.29) is 39.2 Å². The molecule has 0 unspecified atom stereocenters. The number of hydrogen-bond acceptors (Lipinski definition) is 11. The third-order valence-electron chi connectivity index (χ3n) is 7.25. The number of hydrogen-bond donors (Lipinski definition) is 0. The molecule has 4 aromatic rings. The van der Waals surface area contributed by atoms with Crippen molar-refractivity contribution in [3.63, 3.8) is 0 Å². The molecular weight excluding hydrogens is 600 g/mol. The second-order valence-electron chi connectivity index (χ2n) is 9.81. The van der Waals surface area contributed by atoms with E-state index < -0.39 is 45.7 Å². The van der Waals surface area contributed by atoms with Gasteiger partial charge < -0.3 is 4.74 Å². The minimum absolute atomic E-state index is 0.0426. The Morgan fingerprint density at radius 2 is 1.61 bits per heavy atom. The fourth-order valence-corrected chi connectivity index (χ4v) is 5.47. The molecular formula is C28H19ClN6O9. The third kappa shape index (κ3) is 4.79. The lowest BCUT2D eigenvalue weighted by atomic mass is 9.90. The SMILES string of the molecule is Cn1ncc(Cl)c1C(=O)Oc1ccc([C@H]2[C@H]3C(=O)N(c4ccc([N+](=O)[O-])cc4)C(=O)[C@H]3ON2c2cccc([N+](=O)[O-])c2)cc1. The first kappa shape index (κ1) is 28.4. The summed E-state index contributed by atoms with van der Waals surface area (Å²) < 4.78 is 6.71. The van der Waals surface area contributed by atoms with Gasteiger partial charge in [-0.1, -0.05) is 29.8 Å². The molecule has 15 nitrogen and oxygen atoms in total. The Labute approximate surface area is 252 Å². The van der Waals surface area contributed by atoms with Crippen LogP contribution < -0.4 is 14.7 Å². The zero-order chi connectivity index (χ0) is 31.3. The number of aromatic nitrogens is 2. The molecule has 0 spiro atoms. The maximum Gasteiger partial charge on any atom is 0.363 e. The number of amides is 2. The number of nitrogens with zero attached hydrogens (tertiary/aromatic N) is 6. The summed E-state index contributed by atoms with van der Waals surface area (Å²) in [6.07, 6.45) is 0.00611. The molecule has 0 bridgehead atoms. The maximum atomic E-state index is 13.8. The number of nitro groups is 2. The molecule has 16 heteroatoms. The fourth-order valence-electron chi connectivity index (χ4n) is 5.23. The molecule has 6 rings (SSSR count). The second kappa shape index (κ2) is 10.9. The molecule has 3 aromatic carbocycles. The second-order valence-corrected chi connectivity index (χ2v) is 10.2. The van der Waals surface area contributed by atoms with Crippen LogP contribution in [0.2, 0.25) is 5.02 Å². The molecule has 0 saturated carbocycles. The number of aryl methyl sites for hydroxylation is 1. The number of fused-ring (bicyclic) bond motifs is 1. The van der Waals surface area contributed by atoms with Gasteiger partial charge in [0.15, 0.2) is 11.8 Å². The average molecular weight is 619 g/mol. The summed E-state index contributed by atoms with van der Waals surface area (Å²) in [5.74, 6) is -3.03. The molecule has 0 radical (unpaired) electrons. The molecule has 1 aromatic heterocycles. The lowest BCUT2D eigenvalue weighted by Gasteiger charge is -2.28. The van der Waals surface area contributed by atoms with Crippen LogP contribution in [0.25, 0.3) is 0 Å². The van der Waals surface area contributed by atoms with Crippen LogP contribution in [-0.4, -0.2) is 43.5 Å². The highest BCUT2D eigenvalue weighted by Crippen LogP contribution is 2.48. The first-order valence-corrected chi connectivity index (χ1v) is 13.3. The van der Waals surface area contributed by atoms with Crippen molar-refractivity contribution in [1.29, 1.82) is 0 Å². The molecule has 222 valence electrons. The van der Waals surface area contributed by atoms with Crippen molar-refractivity contribution >= 4 is 52.1 Å². The van der Waals surface area contributed by atoms with Crippen LogP contribution >= 0.6 is 11.6 Å². The number of carbonyl (C=O) groups excluding carboxylic acids is 3. The summed E-state index contributed by atoms with van der Waals surface area (Å²) in [6, 6.07) is 15.6. The molecule has 2 aliphatic rings. The van der Waals surface area contributed by atoms with Crippen LogP contribution in [0.1, 0.15) is 22.1 Å². The third-order valence-corrected chi connectivity index (χ3v) is 7.53. The van der Waals surface area contributed by atoms with E-state index in [1.165, 1.54) is 83.7 Å². The Morgan fingerprint density at radius 3 is 2.23 bits per heavy atom. The zero-order valence-electron chi connectivity index (χ0n) is 22.5. The number of hydroxylamine groups is 1. The summed E-state index contributed by atoms with van der Waals surface area (Å²) >= 11 is 6.04. The van der Waals surface area contributed by atoms with E-state index in [0.717, 1.165) is 4.90 Å². The van der Waals surface area contributed by atoms with Crippen LogP contribution in [0.3, 0.4) is 0 Å². The van der Waals surface area contributed by atoms with Gasteiger partial charge in [-0.15, -0.1) is 0 Å². The molecule has 0 N–H and O–H groups in total. The quantitative estimate of drug-likeness (QED) is 0.0953. The van der Waals surface area contributed by atoms with Crippen molar-refractivity contribution in [2.24, 2.45) is 13.0 Å². The van der Waals surface area contributed by atoms with Crippen molar-refractivity contribution in [2.45, 2.75) is 12.1 Å².